The second-order valence-electron chi connectivity index (χ2n) is 5.86. The highest BCUT2D eigenvalue weighted by Gasteiger charge is 2.29. The number of aliphatic hydroxyl groups excluding tert-OH is 1. The van der Waals surface area contributed by atoms with Crippen molar-refractivity contribution in [3.8, 4) is 5.75 Å². The Morgan fingerprint density at radius 2 is 2.17 bits per heavy atom. The lowest BCUT2D eigenvalue weighted by Crippen LogP contribution is -2.16. The van der Waals surface area contributed by atoms with E-state index in [9.17, 15) is 19.8 Å². The summed E-state index contributed by atoms with van der Waals surface area (Å²) in [4.78, 5) is 23.5. The van der Waals surface area contributed by atoms with Gasteiger partial charge in [0.1, 0.15) is 16.7 Å². The second-order valence-corrected chi connectivity index (χ2v) is 5.86. The Hall–Kier alpha value is -2.34. The Balaban J connectivity index is 2.48. The van der Waals surface area contributed by atoms with Crippen LogP contribution in [0.3, 0.4) is 0 Å². The Bertz CT molecular complexity index is 849. The third-order valence-corrected chi connectivity index (χ3v) is 4.35. The summed E-state index contributed by atoms with van der Waals surface area (Å²) in [7, 11) is 0. The SMILES string of the molecule is CCCc1c2c(c(O)c3c(=O)cc(C(=O)O)oc13)C(O)CCC2. The van der Waals surface area contributed by atoms with Gasteiger partial charge < -0.3 is 19.7 Å². The smallest absolute Gasteiger partial charge is 0.371 e. The molecule has 0 fully saturated rings. The second kappa shape index (κ2) is 5.70. The zero-order valence-electron chi connectivity index (χ0n) is 12.8. The summed E-state index contributed by atoms with van der Waals surface area (Å²) < 4.78 is 5.43. The number of hydrogen-bond acceptors (Lipinski definition) is 5. The molecule has 3 rings (SSSR count). The molecule has 23 heavy (non-hydrogen) atoms. The van der Waals surface area contributed by atoms with Crippen LogP contribution in [0.2, 0.25) is 0 Å². The molecule has 122 valence electrons. The van der Waals surface area contributed by atoms with Gasteiger partial charge in [0.05, 0.1) is 6.10 Å². The minimum absolute atomic E-state index is 0.0434. The molecule has 0 aliphatic heterocycles. The van der Waals surface area contributed by atoms with E-state index < -0.39 is 23.3 Å². The van der Waals surface area contributed by atoms with Crippen molar-refractivity contribution in [2.24, 2.45) is 0 Å². The maximum absolute atomic E-state index is 12.3. The maximum Gasteiger partial charge on any atom is 0.371 e. The zero-order valence-corrected chi connectivity index (χ0v) is 12.8. The largest absolute Gasteiger partial charge is 0.507 e. The lowest BCUT2D eigenvalue weighted by atomic mass is 9.83. The highest BCUT2D eigenvalue weighted by molar-refractivity contribution is 5.92. The Morgan fingerprint density at radius 1 is 1.43 bits per heavy atom. The summed E-state index contributed by atoms with van der Waals surface area (Å²) in [5.74, 6) is -2.06. The molecule has 1 aliphatic rings. The van der Waals surface area contributed by atoms with E-state index in [0.717, 1.165) is 24.5 Å². The van der Waals surface area contributed by atoms with E-state index in [4.69, 9.17) is 9.52 Å². The lowest BCUT2D eigenvalue weighted by molar-refractivity contribution is 0.0662. The van der Waals surface area contributed by atoms with E-state index in [2.05, 4.69) is 0 Å². The molecule has 6 nitrogen and oxygen atoms in total. The van der Waals surface area contributed by atoms with Crippen LogP contribution in [0.4, 0.5) is 0 Å². The molecule has 0 saturated heterocycles. The van der Waals surface area contributed by atoms with Gasteiger partial charge in [0.25, 0.3) is 0 Å². The Kier molecular flexibility index (Phi) is 3.85. The number of phenolic OH excluding ortho intramolecular Hbond substituents is 1. The maximum atomic E-state index is 12.3. The number of fused-ring (bicyclic) bond motifs is 2. The fourth-order valence-corrected chi connectivity index (χ4v) is 3.39. The molecule has 0 spiro atoms. The predicted molar refractivity (Wildman–Crippen MR) is 83.0 cm³/mol. The number of hydrogen-bond donors (Lipinski definition) is 3. The average molecular weight is 318 g/mol. The summed E-state index contributed by atoms with van der Waals surface area (Å²) in [6.45, 7) is 1.96. The van der Waals surface area contributed by atoms with Gasteiger partial charge in [0, 0.05) is 11.6 Å². The number of rotatable bonds is 3. The number of aromatic hydroxyl groups is 1. The fraction of sp³-hybridized carbons (Fsp3) is 0.412. The first-order chi connectivity index (χ1) is 11.0. The van der Waals surface area contributed by atoms with Crippen molar-refractivity contribution in [1.82, 2.24) is 0 Å². The fourth-order valence-electron chi connectivity index (χ4n) is 3.39. The Labute approximate surface area is 132 Å². The van der Waals surface area contributed by atoms with Crippen LogP contribution >= 0.6 is 0 Å². The number of aryl methyl sites for hydroxylation is 1. The number of carbonyl (C=O) groups is 1. The van der Waals surface area contributed by atoms with Gasteiger partial charge in [-0.05, 0) is 36.8 Å². The normalized spacial score (nSPS) is 17.2. The van der Waals surface area contributed by atoms with Crippen molar-refractivity contribution < 1.29 is 24.5 Å². The summed E-state index contributed by atoms with van der Waals surface area (Å²) in [5, 5.41) is 29.8. The molecule has 1 atom stereocenters. The van der Waals surface area contributed by atoms with Gasteiger partial charge in [-0.2, -0.15) is 0 Å². The molecule has 0 amide bonds. The van der Waals surface area contributed by atoms with Crippen molar-refractivity contribution in [1.29, 1.82) is 0 Å². The summed E-state index contributed by atoms with van der Waals surface area (Å²) in [5.41, 5.74) is 1.40. The van der Waals surface area contributed by atoms with Gasteiger partial charge in [0.15, 0.2) is 5.43 Å². The molecular formula is C17H18O6. The number of aromatic carboxylic acids is 1. The quantitative estimate of drug-likeness (QED) is 0.802. The van der Waals surface area contributed by atoms with Gasteiger partial charge >= 0.3 is 5.97 Å². The lowest BCUT2D eigenvalue weighted by Gasteiger charge is -2.26. The van der Waals surface area contributed by atoms with Crippen LogP contribution in [0.1, 0.15) is 59.5 Å². The van der Waals surface area contributed by atoms with Crippen LogP contribution < -0.4 is 5.43 Å². The summed E-state index contributed by atoms with van der Waals surface area (Å²) in [6, 6.07) is 0.863. The van der Waals surface area contributed by atoms with Crippen LogP contribution in [-0.4, -0.2) is 21.3 Å². The first kappa shape index (κ1) is 15.6. The summed E-state index contributed by atoms with van der Waals surface area (Å²) in [6.07, 6.45) is 2.47. The zero-order chi connectivity index (χ0) is 16.7. The molecule has 1 heterocycles. The Morgan fingerprint density at radius 3 is 2.83 bits per heavy atom. The monoisotopic (exact) mass is 318 g/mol. The first-order valence-corrected chi connectivity index (χ1v) is 7.71. The molecule has 1 aliphatic carbocycles. The van der Waals surface area contributed by atoms with Crippen LogP contribution in [0.25, 0.3) is 11.0 Å². The minimum atomic E-state index is -1.33. The number of phenols is 1. The number of carboxylic acid groups (broad SMARTS) is 1. The van der Waals surface area contributed by atoms with Crippen molar-refractivity contribution in [3.63, 3.8) is 0 Å². The molecule has 1 unspecified atom stereocenters. The molecule has 1 aromatic carbocycles. The standard InChI is InChI=1S/C17H18O6/c1-2-4-9-8-5-3-6-10(18)13(8)15(20)14-11(19)7-12(17(21)22)23-16(9)14/h7,10,18,20H,2-6H2,1H3,(H,21,22). The van der Waals surface area contributed by atoms with Gasteiger partial charge in [-0.1, -0.05) is 13.3 Å². The molecule has 1 aromatic heterocycles. The minimum Gasteiger partial charge on any atom is -0.507 e. The van der Waals surface area contributed by atoms with Crippen LogP contribution in [0.5, 0.6) is 5.75 Å². The molecule has 6 heteroatoms. The third kappa shape index (κ3) is 2.39. The number of benzene rings is 1. The molecule has 3 N–H and O–H groups in total. The van der Waals surface area contributed by atoms with Crippen molar-refractivity contribution in [2.75, 3.05) is 0 Å². The molecule has 2 aromatic rings. The van der Waals surface area contributed by atoms with Crippen molar-refractivity contribution in [3.05, 3.63) is 38.7 Å². The van der Waals surface area contributed by atoms with E-state index in [1.54, 1.807) is 0 Å². The van der Waals surface area contributed by atoms with Gasteiger partial charge in [-0.15, -0.1) is 0 Å². The van der Waals surface area contributed by atoms with E-state index in [1.807, 2.05) is 6.92 Å². The molecule has 0 saturated carbocycles. The average Bonchev–Trinajstić information content (AvgIpc) is 2.50. The van der Waals surface area contributed by atoms with E-state index in [0.29, 0.717) is 30.4 Å². The van der Waals surface area contributed by atoms with Crippen LogP contribution in [0, 0.1) is 0 Å². The number of carboxylic acids is 1. The van der Waals surface area contributed by atoms with Gasteiger partial charge in [0.2, 0.25) is 5.76 Å². The topological polar surface area (TPSA) is 108 Å². The highest BCUT2D eigenvalue weighted by atomic mass is 16.4. The van der Waals surface area contributed by atoms with Crippen LogP contribution in [-0.2, 0) is 12.8 Å². The van der Waals surface area contributed by atoms with Crippen molar-refractivity contribution >= 4 is 16.9 Å². The van der Waals surface area contributed by atoms with E-state index >= 15 is 0 Å². The first-order valence-electron chi connectivity index (χ1n) is 7.71. The molecular weight excluding hydrogens is 300 g/mol. The highest BCUT2D eigenvalue weighted by Crippen LogP contribution is 2.43. The van der Waals surface area contributed by atoms with E-state index in [-0.39, 0.29) is 16.7 Å². The van der Waals surface area contributed by atoms with Gasteiger partial charge in [-0.3, -0.25) is 4.79 Å². The van der Waals surface area contributed by atoms with Gasteiger partial charge in [-0.25, -0.2) is 4.79 Å². The molecule has 0 bridgehead atoms. The van der Waals surface area contributed by atoms with E-state index in [1.165, 1.54) is 0 Å². The van der Waals surface area contributed by atoms with Crippen molar-refractivity contribution in [2.45, 2.75) is 45.1 Å². The number of aliphatic hydroxyl groups is 1. The molecule has 0 radical (unpaired) electrons. The van der Waals surface area contributed by atoms with Crippen LogP contribution in [0.15, 0.2) is 15.3 Å². The predicted octanol–water partition coefficient (Wildman–Crippen LogP) is 2.52. The summed E-state index contributed by atoms with van der Waals surface area (Å²) >= 11 is 0. The third-order valence-electron chi connectivity index (χ3n) is 4.35.